The Kier molecular flexibility index (Phi) is 6.16. The Bertz CT molecular complexity index is 837. The Morgan fingerprint density at radius 3 is 2.57 bits per heavy atom. The molecular weight excluding hydrogens is 350 g/mol. The van der Waals surface area contributed by atoms with Gasteiger partial charge in [0.05, 0.1) is 6.61 Å². The van der Waals surface area contributed by atoms with Gasteiger partial charge in [-0.15, -0.1) is 0 Å². The molecule has 4 nitrogen and oxygen atoms in total. The van der Waals surface area contributed by atoms with Gasteiger partial charge in [-0.2, -0.15) is 0 Å². The van der Waals surface area contributed by atoms with E-state index in [-0.39, 0.29) is 5.63 Å². The molecule has 4 heteroatoms. The van der Waals surface area contributed by atoms with Gasteiger partial charge in [0, 0.05) is 24.4 Å². The van der Waals surface area contributed by atoms with Crippen molar-refractivity contribution in [3.63, 3.8) is 0 Å². The molecule has 0 bridgehead atoms. The molecule has 2 heterocycles. The summed E-state index contributed by atoms with van der Waals surface area (Å²) >= 11 is 0. The number of benzene rings is 1. The number of likely N-dealkylation sites (tertiary alicyclic amines) is 1. The fourth-order valence-corrected chi connectivity index (χ4v) is 4.51. The third kappa shape index (κ3) is 4.33. The number of fused-ring (bicyclic) bond motifs is 1. The number of nitrogens with zero attached hydrogens (tertiary/aromatic N) is 1. The number of ether oxygens (including phenoxy) is 1. The third-order valence-electron chi connectivity index (χ3n) is 5.93. The van der Waals surface area contributed by atoms with Crippen LogP contribution >= 0.6 is 0 Å². The topological polar surface area (TPSA) is 42.7 Å². The smallest absolute Gasteiger partial charge is 0.347 e. The van der Waals surface area contributed by atoms with E-state index >= 15 is 0 Å². The minimum Gasteiger partial charge on any atom is -0.492 e. The highest BCUT2D eigenvalue weighted by atomic mass is 16.5. The highest BCUT2D eigenvalue weighted by Gasteiger charge is 2.25. The summed E-state index contributed by atoms with van der Waals surface area (Å²) in [5.41, 5.74) is 2.30. The molecule has 2 aliphatic rings. The molecule has 1 aromatic carbocycles. The Morgan fingerprint density at radius 1 is 1.04 bits per heavy atom. The number of rotatable bonds is 6. The van der Waals surface area contributed by atoms with Crippen molar-refractivity contribution in [2.45, 2.75) is 51.9 Å². The summed E-state index contributed by atoms with van der Waals surface area (Å²) in [6.45, 7) is 6.33. The maximum atomic E-state index is 12.8. The van der Waals surface area contributed by atoms with Gasteiger partial charge in [0.2, 0.25) is 0 Å². The third-order valence-corrected chi connectivity index (χ3v) is 5.93. The van der Waals surface area contributed by atoms with Gasteiger partial charge >= 0.3 is 5.63 Å². The largest absolute Gasteiger partial charge is 0.492 e. The quantitative estimate of drug-likeness (QED) is 0.728. The first-order valence-electron chi connectivity index (χ1n) is 10.8. The molecule has 4 rings (SSSR count). The summed E-state index contributed by atoms with van der Waals surface area (Å²) in [5.74, 6) is 2.02. The summed E-state index contributed by atoms with van der Waals surface area (Å²) in [5, 5.41) is 0. The van der Waals surface area contributed by atoms with Crippen molar-refractivity contribution in [1.29, 1.82) is 0 Å². The van der Waals surface area contributed by atoms with E-state index in [0.717, 1.165) is 54.9 Å². The van der Waals surface area contributed by atoms with Crippen LogP contribution in [0.15, 0.2) is 39.5 Å². The van der Waals surface area contributed by atoms with E-state index in [0.29, 0.717) is 18.1 Å². The second-order valence-electron chi connectivity index (χ2n) is 8.35. The summed E-state index contributed by atoms with van der Waals surface area (Å²) in [6.07, 6.45) is 7.92. The van der Waals surface area contributed by atoms with Crippen LogP contribution in [0.3, 0.4) is 0 Å². The zero-order valence-corrected chi connectivity index (χ0v) is 16.9. The molecule has 2 aromatic rings. The van der Waals surface area contributed by atoms with Crippen molar-refractivity contribution in [3.8, 4) is 16.9 Å². The van der Waals surface area contributed by atoms with Crippen molar-refractivity contribution in [2.24, 2.45) is 5.92 Å². The molecule has 1 aliphatic carbocycles. The first kappa shape index (κ1) is 19.3. The Hall–Kier alpha value is -2.07. The van der Waals surface area contributed by atoms with Crippen molar-refractivity contribution in [2.75, 3.05) is 26.2 Å². The number of hydrogen-bond acceptors (Lipinski definition) is 4. The molecule has 0 amide bonds. The molecule has 1 fully saturated rings. The van der Waals surface area contributed by atoms with E-state index in [1.54, 1.807) is 0 Å². The van der Waals surface area contributed by atoms with Crippen molar-refractivity contribution in [3.05, 3.63) is 52.1 Å². The Balaban J connectivity index is 1.59. The van der Waals surface area contributed by atoms with Gasteiger partial charge in [0.15, 0.2) is 0 Å². The van der Waals surface area contributed by atoms with Crippen LogP contribution in [-0.2, 0) is 12.8 Å². The lowest BCUT2D eigenvalue weighted by atomic mass is 9.93. The van der Waals surface area contributed by atoms with Gasteiger partial charge < -0.3 is 14.1 Å². The molecule has 0 radical (unpaired) electrons. The minimum atomic E-state index is -0.273. The van der Waals surface area contributed by atoms with Crippen LogP contribution in [-0.4, -0.2) is 31.1 Å². The maximum Gasteiger partial charge on any atom is 0.347 e. The van der Waals surface area contributed by atoms with Gasteiger partial charge in [-0.05, 0) is 50.8 Å². The Morgan fingerprint density at radius 2 is 1.79 bits per heavy atom. The lowest BCUT2D eigenvalue weighted by Gasteiger charge is -2.29. The van der Waals surface area contributed by atoms with Crippen molar-refractivity contribution < 1.29 is 9.15 Å². The fraction of sp³-hybridized carbons (Fsp3) is 0.542. The summed E-state index contributed by atoms with van der Waals surface area (Å²) < 4.78 is 12.1. The van der Waals surface area contributed by atoms with Crippen LogP contribution in [0.25, 0.3) is 11.1 Å². The first-order chi connectivity index (χ1) is 13.7. The van der Waals surface area contributed by atoms with E-state index in [2.05, 4.69) is 11.8 Å². The van der Waals surface area contributed by atoms with Gasteiger partial charge in [-0.25, -0.2) is 4.79 Å². The van der Waals surface area contributed by atoms with Crippen molar-refractivity contribution in [1.82, 2.24) is 4.90 Å². The van der Waals surface area contributed by atoms with Crippen LogP contribution in [0, 0.1) is 5.92 Å². The molecule has 0 N–H and O–H groups in total. The highest BCUT2D eigenvalue weighted by Crippen LogP contribution is 2.36. The highest BCUT2D eigenvalue weighted by molar-refractivity contribution is 5.71. The first-order valence-corrected chi connectivity index (χ1v) is 10.8. The molecule has 1 unspecified atom stereocenters. The molecule has 1 saturated heterocycles. The van der Waals surface area contributed by atoms with Crippen molar-refractivity contribution >= 4 is 0 Å². The minimum absolute atomic E-state index is 0.273. The van der Waals surface area contributed by atoms with Crippen LogP contribution in [0.4, 0.5) is 0 Å². The van der Waals surface area contributed by atoms with E-state index in [1.165, 1.54) is 32.4 Å². The summed E-state index contributed by atoms with van der Waals surface area (Å²) in [6, 6.07) is 9.80. The number of piperidine rings is 1. The fourth-order valence-electron chi connectivity index (χ4n) is 4.51. The summed E-state index contributed by atoms with van der Waals surface area (Å²) in [7, 11) is 0. The van der Waals surface area contributed by atoms with E-state index in [4.69, 9.17) is 9.15 Å². The molecule has 1 aromatic heterocycles. The van der Waals surface area contributed by atoms with Crippen LogP contribution < -0.4 is 10.4 Å². The normalized spacial score (nSPS) is 18.5. The molecule has 150 valence electrons. The molecule has 28 heavy (non-hydrogen) atoms. The van der Waals surface area contributed by atoms with Gasteiger partial charge in [0.1, 0.15) is 17.1 Å². The summed E-state index contributed by atoms with van der Waals surface area (Å²) in [4.78, 5) is 15.4. The van der Waals surface area contributed by atoms with Gasteiger partial charge in [0.25, 0.3) is 0 Å². The van der Waals surface area contributed by atoms with Crippen LogP contribution in [0.1, 0.15) is 50.4 Å². The average Bonchev–Trinajstić information content (AvgIpc) is 2.73. The van der Waals surface area contributed by atoms with Crippen LogP contribution in [0.2, 0.25) is 0 Å². The second-order valence-corrected chi connectivity index (χ2v) is 8.35. The second kappa shape index (κ2) is 8.95. The molecule has 1 atom stereocenters. The molecular formula is C24H31NO3. The van der Waals surface area contributed by atoms with Gasteiger partial charge in [-0.3, -0.25) is 0 Å². The molecule has 0 saturated carbocycles. The zero-order chi connectivity index (χ0) is 19.3. The predicted octanol–water partition coefficient (Wildman–Crippen LogP) is 4.69. The van der Waals surface area contributed by atoms with Crippen LogP contribution in [0.5, 0.6) is 5.75 Å². The molecule has 1 aliphatic heterocycles. The van der Waals surface area contributed by atoms with E-state index in [9.17, 15) is 4.79 Å². The lowest BCUT2D eigenvalue weighted by Crippen LogP contribution is -2.35. The SMILES string of the molecule is CC(COc1c2c(oc(=O)c1-c1ccccc1)CCCC2)CN1CCCCC1. The predicted molar refractivity (Wildman–Crippen MR) is 112 cm³/mol. The lowest BCUT2D eigenvalue weighted by molar-refractivity contribution is 0.163. The maximum absolute atomic E-state index is 12.8. The average molecular weight is 382 g/mol. The monoisotopic (exact) mass is 381 g/mol. The Labute approximate surface area is 167 Å². The molecule has 0 spiro atoms. The standard InChI is InChI=1S/C24H31NO3/c1-18(16-25-14-8-3-9-15-25)17-27-23-20-12-6-7-13-21(20)28-24(26)22(23)19-10-4-2-5-11-19/h2,4-5,10-11,18H,3,6-9,12-17H2,1H3. The number of aryl methyl sites for hydroxylation is 1. The zero-order valence-electron chi connectivity index (χ0n) is 16.9. The van der Waals surface area contributed by atoms with E-state index < -0.39 is 0 Å². The number of hydrogen-bond donors (Lipinski definition) is 0. The van der Waals surface area contributed by atoms with E-state index in [1.807, 2.05) is 30.3 Å². The van der Waals surface area contributed by atoms with Gasteiger partial charge in [-0.1, -0.05) is 43.7 Å².